The van der Waals surface area contributed by atoms with E-state index in [0.29, 0.717) is 5.41 Å². The predicted molar refractivity (Wildman–Crippen MR) is 229 cm³/mol. The van der Waals surface area contributed by atoms with Crippen molar-refractivity contribution >= 4 is 27.8 Å². The van der Waals surface area contributed by atoms with Gasteiger partial charge in [0.15, 0.2) is 0 Å². The zero-order valence-electron chi connectivity index (χ0n) is 31.9. The van der Waals surface area contributed by atoms with Crippen LogP contribution in [0, 0.1) is 12.8 Å². The van der Waals surface area contributed by atoms with E-state index in [1.54, 1.807) is 5.56 Å². The maximum absolute atomic E-state index is 2.48. The molecule has 266 valence electrons. The topological polar surface area (TPSA) is 3.24 Å². The summed E-state index contributed by atoms with van der Waals surface area (Å²) in [6.45, 7) is 6.99. The fraction of sp³-hybridized carbons (Fsp3) is 0.245. The Morgan fingerprint density at radius 3 is 1.91 bits per heavy atom. The normalized spacial score (nSPS) is 19.6. The van der Waals surface area contributed by atoms with Crippen molar-refractivity contribution in [1.82, 2.24) is 0 Å². The minimum absolute atomic E-state index is 0.0684. The minimum Gasteiger partial charge on any atom is -0.310 e. The van der Waals surface area contributed by atoms with Crippen LogP contribution >= 0.6 is 0 Å². The molecule has 7 aromatic carbocycles. The van der Waals surface area contributed by atoms with Crippen LogP contribution in [0.15, 0.2) is 152 Å². The molecule has 7 aromatic rings. The minimum atomic E-state index is -0.0684. The Morgan fingerprint density at radius 1 is 0.537 bits per heavy atom. The van der Waals surface area contributed by atoms with E-state index in [1.807, 2.05) is 0 Å². The van der Waals surface area contributed by atoms with Crippen molar-refractivity contribution in [2.75, 3.05) is 4.90 Å². The molecule has 0 aliphatic heterocycles. The second-order valence-corrected chi connectivity index (χ2v) is 17.0. The number of hydrogen-bond donors (Lipinski definition) is 0. The molecule has 0 amide bonds. The lowest BCUT2D eigenvalue weighted by Gasteiger charge is -2.46. The van der Waals surface area contributed by atoms with Gasteiger partial charge in [-0.3, -0.25) is 0 Å². The molecule has 0 aromatic heterocycles. The zero-order valence-corrected chi connectivity index (χ0v) is 31.9. The zero-order chi connectivity index (χ0) is 36.4. The molecule has 1 heteroatoms. The monoisotopic (exact) mass is 699 g/mol. The summed E-state index contributed by atoms with van der Waals surface area (Å²) in [5, 5.41) is 2.56. The van der Waals surface area contributed by atoms with Crippen LogP contribution in [-0.2, 0) is 10.8 Å². The fourth-order valence-corrected chi connectivity index (χ4v) is 10.8. The van der Waals surface area contributed by atoms with Gasteiger partial charge in [-0.1, -0.05) is 155 Å². The number of rotatable bonds is 6. The molecule has 3 aliphatic rings. The van der Waals surface area contributed by atoms with E-state index in [9.17, 15) is 0 Å². The molecule has 2 saturated carbocycles. The molecule has 2 fully saturated rings. The van der Waals surface area contributed by atoms with Gasteiger partial charge in [-0.25, -0.2) is 0 Å². The first-order chi connectivity index (χ1) is 26.4. The van der Waals surface area contributed by atoms with Crippen molar-refractivity contribution in [3.8, 4) is 33.4 Å². The quantitative estimate of drug-likeness (QED) is 0.167. The van der Waals surface area contributed by atoms with E-state index in [1.165, 1.54) is 123 Å². The van der Waals surface area contributed by atoms with Crippen molar-refractivity contribution in [1.29, 1.82) is 0 Å². The molecule has 0 spiro atoms. The average Bonchev–Trinajstić information content (AvgIpc) is 3.44. The van der Waals surface area contributed by atoms with Crippen molar-refractivity contribution in [3.63, 3.8) is 0 Å². The van der Waals surface area contributed by atoms with Gasteiger partial charge in [-0.2, -0.15) is 0 Å². The highest BCUT2D eigenvalue weighted by atomic mass is 15.1. The summed E-state index contributed by atoms with van der Waals surface area (Å²) in [6.07, 6.45) is 9.66. The lowest BCUT2D eigenvalue weighted by molar-refractivity contribution is 0.149. The molecule has 0 saturated heterocycles. The lowest BCUT2D eigenvalue weighted by Crippen LogP contribution is -2.36. The highest BCUT2D eigenvalue weighted by Crippen LogP contribution is 2.53. The molecule has 0 unspecified atom stereocenters. The smallest absolute Gasteiger partial charge is 0.0465 e. The maximum atomic E-state index is 2.48. The molecule has 0 atom stereocenters. The van der Waals surface area contributed by atoms with Crippen LogP contribution in [0.4, 0.5) is 17.1 Å². The first kappa shape index (κ1) is 33.2. The van der Waals surface area contributed by atoms with Crippen molar-refractivity contribution in [3.05, 3.63) is 174 Å². The molecule has 10 rings (SSSR count). The number of fused-ring (bicyclic) bond motifs is 6. The van der Waals surface area contributed by atoms with Crippen LogP contribution in [-0.4, -0.2) is 0 Å². The van der Waals surface area contributed by atoms with E-state index in [-0.39, 0.29) is 5.41 Å². The Bertz CT molecular complexity index is 2510. The number of aryl methyl sites for hydroxylation is 1. The molecule has 0 N–H and O–H groups in total. The molecule has 0 radical (unpaired) electrons. The number of hydrogen-bond acceptors (Lipinski definition) is 1. The highest BCUT2D eigenvalue weighted by Gasteiger charge is 2.40. The van der Waals surface area contributed by atoms with Crippen LogP contribution in [0.3, 0.4) is 0 Å². The van der Waals surface area contributed by atoms with E-state index in [0.717, 1.165) is 5.92 Å². The Hall–Kier alpha value is -5.40. The first-order valence-corrected chi connectivity index (χ1v) is 20.2. The van der Waals surface area contributed by atoms with Crippen molar-refractivity contribution in [2.24, 2.45) is 5.92 Å². The molecule has 54 heavy (non-hydrogen) atoms. The van der Waals surface area contributed by atoms with Gasteiger partial charge in [-0.15, -0.1) is 0 Å². The Morgan fingerprint density at radius 2 is 1.15 bits per heavy atom. The number of nitrogens with zero attached hydrogens (tertiary/aromatic N) is 1. The highest BCUT2D eigenvalue weighted by molar-refractivity contribution is 6.05. The van der Waals surface area contributed by atoms with Gasteiger partial charge in [0.1, 0.15) is 0 Å². The third kappa shape index (κ3) is 5.35. The van der Waals surface area contributed by atoms with Crippen molar-refractivity contribution < 1.29 is 0 Å². The first-order valence-electron chi connectivity index (χ1n) is 20.2. The van der Waals surface area contributed by atoms with Crippen LogP contribution in [0.5, 0.6) is 0 Å². The van der Waals surface area contributed by atoms with Crippen LogP contribution in [0.2, 0.25) is 0 Å². The summed E-state index contributed by atoms with van der Waals surface area (Å²) in [5.41, 5.74) is 17.3. The van der Waals surface area contributed by atoms with E-state index in [4.69, 9.17) is 0 Å². The van der Waals surface area contributed by atoms with Gasteiger partial charge in [0, 0.05) is 22.5 Å². The lowest BCUT2D eigenvalue weighted by atomic mass is 9.59. The second kappa shape index (κ2) is 12.9. The summed E-state index contributed by atoms with van der Waals surface area (Å²) < 4.78 is 0. The van der Waals surface area contributed by atoms with Crippen LogP contribution in [0.25, 0.3) is 44.2 Å². The molecule has 3 aliphatic carbocycles. The Labute approximate surface area is 321 Å². The third-order valence-corrected chi connectivity index (χ3v) is 13.6. The third-order valence-electron chi connectivity index (χ3n) is 13.6. The van der Waals surface area contributed by atoms with Crippen molar-refractivity contribution in [2.45, 2.75) is 76.5 Å². The van der Waals surface area contributed by atoms with Crippen LogP contribution in [0.1, 0.15) is 81.0 Å². The summed E-state index contributed by atoms with van der Waals surface area (Å²) in [6, 6.07) is 57.4. The van der Waals surface area contributed by atoms with Gasteiger partial charge in [0.05, 0.1) is 0 Å². The van der Waals surface area contributed by atoms with Gasteiger partial charge in [0.2, 0.25) is 0 Å². The summed E-state index contributed by atoms with van der Waals surface area (Å²) >= 11 is 0. The predicted octanol–water partition coefficient (Wildman–Crippen LogP) is 14.9. The molecule has 2 bridgehead atoms. The average molecular weight is 700 g/mol. The summed E-state index contributed by atoms with van der Waals surface area (Å²) in [5.74, 6) is 0.912. The molecule has 1 nitrogen and oxygen atoms in total. The largest absolute Gasteiger partial charge is 0.310 e. The summed E-state index contributed by atoms with van der Waals surface area (Å²) in [4.78, 5) is 2.48. The molecule has 0 heterocycles. The van der Waals surface area contributed by atoms with Gasteiger partial charge < -0.3 is 4.90 Å². The van der Waals surface area contributed by atoms with Crippen LogP contribution < -0.4 is 4.90 Å². The molecular weight excluding hydrogens is 651 g/mol. The van der Waals surface area contributed by atoms with E-state index < -0.39 is 0 Å². The molecular formula is C53H49N. The maximum Gasteiger partial charge on any atom is 0.0465 e. The Kier molecular flexibility index (Phi) is 7.91. The summed E-state index contributed by atoms with van der Waals surface area (Å²) in [7, 11) is 0. The van der Waals surface area contributed by atoms with Gasteiger partial charge in [-0.05, 0) is 140 Å². The fourth-order valence-electron chi connectivity index (χ4n) is 10.8. The SMILES string of the molecule is Cc1ccccc1-c1c(-c2ccc(N(c3ccc(C45CCCC(CCC4)C5)cc3)c3ccc4c(c3)C(C)(C)c3ccccc3-4)cc2)ccc2ccccc12. The number of benzene rings is 7. The Balaban J connectivity index is 1.09. The number of anilines is 3. The van der Waals surface area contributed by atoms with Gasteiger partial charge >= 0.3 is 0 Å². The second-order valence-electron chi connectivity index (χ2n) is 17.0. The van der Waals surface area contributed by atoms with E-state index >= 15 is 0 Å². The van der Waals surface area contributed by atoms with E-state index in [2.05, 4.69) is 177 Å². The standard InChI is InChI=1S/C53H49N/c1-36-12-4-6-16-44(36)51-45-17-7-5-15-38(45)22-30-46(51)39-20-25-41(26-21-39)54(42-27-23-40(24-28-42)53-32-10-13-37(35-53)14-11-33-53)43-29-31-48-47-18-8-9-19-49(47)52(2,3)50(48)34-43/h4-9,12,15-31,34,37H,10-11,13-14,32-33,35H2,1-3H3. The van der Waals surface area contributed by atoms with Gasteiger partial charge in [0.25, 0.3) is 0 Å².